The second-order valence-electron chi connectivity index (χ2n) is 4.77. The Labute approximate surface area is 91.7 Å². The molecule has 0 N–H and O–H groups in total. The molecule has 1 aliphatic rings. The highest BCUT2D eigenvalue weighted by molar-refractivity contribution is 5.31. The van der Waals surface area contributed by atoms with Gasteiger partial charge in [0.2, 0.25) is 0 Å². The maximum absolute atomic E-state index is 9.12. The molecule has 0 saturated heterocycles. The average molecular weight is 199 g/mol. The first-order chi connectivity index (χ1) is 7.22. The summed E-state index contributed by atoms with van der Waals surface area (Å²) in [5.41, 5.74) is 2.55. The van der Waals surface area contributed by atoms with Crippen LogP contribution in [0.3, 0.4) is 0 Å². The zero-order chi connectivity index (χ0) is 10.8. The van der Waals surface area contributed by atoms with E-state index in [0.29, 0.717) is 11.8 Å². The molecule has 0 spiro atoms. The van der Waals surface area contributed by atoms with E-state index in [1.54, 1.807) is 0 Å². The van der Waals surface area contributed by atoms with Crippen molar-refractivity contribution in [2.75, 3.05) is 0 Å². The Morgan fingerprint density at radius 3 is 2.07 bits per heavy atom. The van der Waals surface area contributed by atoms with Gasteiger partial charge in [0.1, 0.15) is 0 Å². The maximum Gasteiger partial charge on any atom is 0.0740 e. The molecule has 2 rings (SSSR count). The van der Waals surface area contributed by atoms with Crippen LogP contribution in [0.4, 0.5) is 0 Å². The van der Waals surface area contributed by atoms with Crippen molar-refractivity contribution in [1.29, 1.82) is 5.26 Å². The molecule has 0 bridgehead atoms. The van der Waals surface area contributed by atoms with Crippen molar-refractivity contribution in [1.82, 2.24) is 0 Å². The number of benzene rings is 1. The van der Waals surface area contributed by atoms with Crippen LogP contribution >= 0.6 is 0 Å². The molecule has 0 amide bonds. The van der Waals surface area contributed by atoms with Gasteiger partial charge in [-0.25, -0.2) is 0 Å². The summed E-state index contributed by atoms with van der Waals surface area (Å²) in [5.74, 6) is 1.33. The molecule has 78 valence electrons. The van der Waals surface area contributed by atoms with Crippen molar-refractivity contribution in [2.24, 2.45) is 5.92 Å². The zero-order valence-corrected chi connectivity index (χ0v) is 9.40. The Hall–Kier alpha value is -1.29. The molecule has 1 nitrogen and oxygen atoms in total. The Bertz CT molecular complexity index is 365. The smallest absolute Gasteiger partial charge is 0.0740 e. The highest BCUT2D eigenvalue weighted by atomic mass is 14.4. The Kier molecular flexibility index (Phi) is 2.77. The van der Waals surface area contributed by atoms with Crippen LogP contribution in [0.25, 0.3) is 0 Å². The topological polar surface area (TPSA) is 23.8 Å². The standard InChI is InChI=1S/C14H17N/c1-10(2)11-3-5-12(6-4-11)14(9-15)13-7-8-13/h3-6,10,13-14H,7-8H2,1-2H3. The molecule has 1 unspecified atom stereocenters. The van der Waals surface area contributed by atoms with Crippen LogP contribution < -0.4 is 0 Å². The molecule has 0 heterocycles. The maximum atomic E-state index is 9.12. The van der Waals surface area contributed by atoms with Gasteiger partial charge in [0.15, 0.2) is 0 Å². The van der Waals surface area contributed by atoms with Crippen molar-refractivity contribution in [3.8, 4) is 6.07 Å². The summed E-state index contributed by atoms with van der Waals surface area (Å²) in [6.07, 6.45) is 2.45. The Balaban J connectivity index is 2.19. The summed E-state index contributed by atoms with van der Waals surface area (Å²) >= 11 is 0. The van der Waals surface area contributed by atoms with E-state index in [-0.39, 0.29) is 5.92 Å². The van der Waals surface area contributed by atoms with Crippen LogP contribution in [-0.2, 0) is 0 Å². The minimum absolute atomic E-state index is 0.131. The van der Waals surface area contributed by atoms with Gasteiger partial charge in [0.25, 0.3) is 0 Å². The molecule has 1 aromatic carbocycles. The minimum Gasteiger partial charge on any atom is -0.198 e. The quantitative estimate of drug-likeness (QED) is 0.725. The highest BCUT2D eigenvalue weighted by Crippen LogP contribution is 2.42. The van der Waals surface area contributed by atoms with Gasteiger partial charge in [-0.3, -0.25) is 0 Å². The number of nitrogens with zero attached hydrogens (tertiary/aromatic N) is 1. The van der Waals surface area contributed by atoms with Crippen LogP contribution in [0.1, 0.15) is 49.7 Å². The van der Waals surface area contributed by atoms with Gasteiger partial charge in [-0.05, 0) is 35.8 Å². The third-order valence-electron chi connectivity index (χ3n) is 3.19. The molecule has 1 aromatic rings. The highest BCUT2D eigenvalue weighted by Gasteiger charge is 2.32. The predicted molar refractivity (Wildman–Crippen MR) is 61.6 cm³/mol. The normalized spacial score (nSPS) is 17.5. The van der Waals surface area contributed by atoms with E-state index in [0.717, 1.165) is 0 Å². The summed E-state index contributed by atoms with van der Waals surface area (Å²) in [5, 5.41) is 9.12. The van der Waals surface area contributed by atoms with Gasteiger partial charge in [0.05, 0.1) is 12.0 Å². The molecule has 1 atom stereocenters. The van der Waals surface area contributed by atoms with Crippen molar-refractivity contribution in [3.05, 3.63) is 35.4 Å². The van der Waals surface area contributed by atoms with Crippen molar-refractivity contribution >= 4 is 0 Å². The molecule has 1 fully saturated rings. The monoisotopic (exact) mass is 199 g/mol. The SMILES string of the molecule is CC(C)c1ccc(C(C#N)C2CC2)cc1. The third-order valence-corrected chi connectivity index (χ3v) is 3.19. The first kappa shape index (κ1) is 10.2. The molecule has 0 aromatic heterocycles. The lowest BCUT2D eigenvalue weighted by Gasteiger charge is -2.10. The van der Waals surface area contributed by atoms with Crippen LogP contribution in [0.5, 0.6) is 0 Å². The van der Waals surface area contributed by atoms with E-state index in [1.165, 1.54) is 24.0 Å². The Morgan fingerprint density at radius 2 is 1.67 bits per heavy atom. The lowest BCUT2D eigenvalue weighted by atomic mass is 9.93. The van der Waals surface area contributed by atoms with Crippen LogP contribution in [0.15, 0.2) is 24.3 Å². The van der Waals surface area contributed by atoms with Gasteiger partial charge in [-0.1, -0.05) is 38.1 Å². The van der Waals surface area contributed by atoms with Crippen LogP contribution in [-0.4, -0.2) is 0 Å². The van der Waals surface area contributed by atoms with E-state index in [4.69, 9.17) is 5.26 Å². The molecule has 1 saturated carbocycles. The van der Waals surface area contributed by atoms with Crippen molar-refractivity contribution in [3.63, 3.8) is 0 Å². The molecule has 1 aliphatic carbocycles. The number of hydrogen-bond donors (Lipinski definition) is 0. The van der Waals surface area contributed by atoms with Gasteiger partial charge >= 0.3 is 0 Å². The van der Waals surface area contributed by atoms with Gasteiger partial charge in [-0.15, -0.1) is 0 Å². The fourth-order valence-electron chi connectivity index (χ4n) is 1.97. The first-order valence-corrected chi connectivity index (χ1v) is 5.72. The van der Waals surface area contributed by atoms with Gasteiger partial charge < -0.3 is 0 Å². The first-order valence-electron chi connectivity index (χ1n) is 5.72. The summed E-state index contributed by atoms with van der Waals surface area (Å²) in [6, 6.07) is 11.0. The lowest BCUT2D eigenvalue weighted by molar-refractivity contribution is 0.738. The van der Waals surface area contributed by atoms with Crippen molar-refractivity contribution in [2.45, 2.75) is 38.5 Å². The molecular weight excluding hydrogens is 182 g/mol. The summed E-state index contributed by atoms with van der Waals surface area (Å²) in [4.78, 5) is 0. The zero-order valence-electron chi connectivity index (χ0n) is 9.40. The van der Waals surface area contributed by atoms with Crippen LogP contribution in [0, 0.1) is 17.2 Å². The third kappa shape index (κ3) is 2.21. The summed E-state index contributed by atoms with van der Waals surface area (Å²) in [6.45, 7) is 4.38. The number of nitriles is 1. The van der Waals surface area contributed by atoms with Gasteiger partial charge in [0, 0.05) is 0 Å². The molecular formula is C14H17N. The fourth-order valence-corrected chi connectivity index (χ4v) is 1.97. The molecule has 0 radical (unpaired) electrons. The predicted octanol–water partition coefficient (Wildman–Crippen LogP) is 3.83. The summed E-state index contributed by atoms with van der Waals surface area (Å²) in [7, 11) is 0. The van der Waals surface area contributed by atoms with E-state index in [1.807, 2.05) is 0 Å². The number of hydrogen-bond acceptors (Lipinski definition) is 1. The van der Waals surface area contributed by atoms with Crippen molar-refractivity contribution < 1.29 is 0 Å². The molecule has 15 heavy (non-hydrogen) atoms. The lowest BCUT2D eigenvalue weighted by Crippen LogP contribution is -1.98. The second kappa shape index (κ2) is 4.06. The molecule has 1 heteroatoms. The van der Waals surface area contributed by atoms with E-state index < -0.39 is 0 Å². The summed E-state index contributed by atoms with van der Waals surface area (Å²) < 4.78 is 0. The number of rotatable bonds is 3. The Morgan fingerprint density at radius 1 is 1.13 bits per heavy atom. The fraction of sp³-hybridized carbons (Fsp3) is 0.500. The van der Waals surface area contributed by atoms with E-state index in [9.17, 15) is 0 Å². The van der Waals surface area contributed by atoms with E-state index >= 15 is 0 Å². The van der Waals surface area contributed by atoms with Crippen LogP contribution in [0.2, 0.25) is 0 Å². The average Bonchev–Trinajstić information content (AvgIpc) is 3.04. The second-order valence-corrected chi connectivity index (χ2v) is 4.77. The van der Waals surface area contributed by atoms with E-state index in [2.05, 4.69) is 44.2 Å². The van der Waals surface area contributed by atoms with Gasteiger partial charge in [-0.2, -0.15) is 5.26 Å². The molecule has 0 aliphatic heterocycles. The minimum atomic E-state index is 0.131. The largest absolute Gasteiger partial charge is 0.198 e.